The maximum atomic E-state index is 11.4. The Morgan fingerprint density at radius 1 is 0.778 bits per heavy atom. The Morgan fingerprint density at radius 3 is 1.28 bits per heavy atom. The van der Waals surface area contributed by atoms with Gasteiger partial charge in [0.05, 0.1) is 10.8 Å². The molecule has 106 valence electrons. The summed E-state index contributed by atoms with van der Waals surface area (Å²) in [6.07, 6.45) is 0. The van der Waals surface area contributed by atoms with Gasteiger partial charge < -0.3 is 9.47 Å². The first-order valence-corrected chi connectivity index (χ1v) is 8.13. The van der Waals surface area contributed by atoms with Crippen LogP contribution in [-0.2, 0) is 19.1 Å². The lowest BCUT2D eigenvalue weighted by Gasteiger charge is -2.17. The predicted octanol–water partition coefficient (Wildman–Crippen LogP) is 3.46. The molecule has 0 spiro atoms. The van der Waals surface area contributed by atoms with Gasteiger partial charge >= 0.3 is 11.9 Å². The fourth-order valence-corrected chi connectivity index (χ4v) is 1.80. The van der Waals surface area contributed by atoms with E-state index < -0.39 is 10.8 Å². The van der Waals surface area contributed by atoms with E-state index in [9.17, 15) is 9.59 Å². The van der Waals surface area contributed by atoms with Crippen molar-refractivity contribution in [3.8, 4) is 0 Å². The second kappa shape index (κ2) is 7.28. The Hall–Kier alpha value is -0.360. The van der Waals surface area contributed by atoms with Crippen molar-refractivity contribution in [2.24, 2.45) is 10.8 Å². The number of hydrogen-bond donors (Lipinski definition) is 0. The van der Waals surface area contributed by atoms with Crippen molar-refractivity contribution in [3.63, 3.8) is 0 Å². The van der Waals surface area contributed by atoms with Crippen molar-refractivity contribution >= 4 is 33.5 Å². The van der Waals surface area contributed by atoms with Gasteiger partial charge in [-0.1, -0.05) is 0 Å². The van der Waals surface area contributed by atoms with E-state index in [1.807, 2.05) is 0 Å². The SMILES string of the molecule is CC(C)(C)C(=O)OCSSCOC(=O)C(C)(C)C. The highest BCUT2D eigenvalue weighted by Gasteiger charge is 2.24. The maximum Gasteiger partial charge on any atom is 0.312 e. The molecule has 0 radical (unpaired) electrons. The van der Waals surface area contributed by atoms with Crippen molar-refractivity contribution in [3.05, 3.63) is 0 Å². The number of hydrogen-bond acceptors (Lipinski definition) is 6. The van der Waals surface area contributed by atoms with E-state index in [4.69, 9.17) is 9.47 Å². The molecule has 0 atom stereocenters. The lowest BCUT2D eigenvalue weighted by atomic mass is 9.98. The van der Waals surface area contributed by atoms with Crippen molar-refractivity contribution in [1.82, 2.24) is 0 Å². The summed E-state index contributed by atoms with van der Waals surface area (Å²) in [7, 11) is 2.69. The van der Waals surface area contributed by atoms with Crippen LogP contribution in [0, 0.1) is 10.8 Å². The minimum absolute atomic E-state index is 0.234. The number of ether oxygens (including phenoxy) is 2. The summed E-state index contributed by atoms with van der Waals surface area (Å²) >= 11 is 0. The number of carbonyl (C=O) groups excluding carboxylic acids is 2. The average Bonchev–Trinajstić information content (AvgIpc) is 2.19. The molecule has 0 amide bonds. The smallest absolute Gasteiger partial charge is 0.312 e. The largest absolute Gasteiger partial charge is 0.453 e. The third kappa shape index (κ3) is 7.87. The van der Waals surface area contributed by atoms with E-state index in [2.05, 4.69) is 0 Å². The molecule has 18 heavy (non-hydrogen) atoms. The first-order chi connectivity index (χ1) is 8.05. The van der Waals surface area contributed by atoms with E-state index in [-0.39, 0.29) is 23.8 Å². The minimum Gasteiger partial charge on any atom is -0.453 e. The van der Waals surface area contributed by atoms with Crippen molar-refractivity contribution in [2.45, 2.75) is 41.5 Å². The molecular weight excluding hydrogens is 272 g/mol. The molecule has 0 unspecified atom stereocenters. The first kappa shape index (κ1) is 17.6. The molecule has 0 saturated heterocycles. The Bertz CT molecular complexity index is 259. The van der Waals surface area contributed by atoms with Crippen LogP contribution in [0.2, 0.25) is 0 Å². The van der Waals surface area contributed by atoms with Crippen LogP contribution < -0.4 is 0 Å². The fourth-order valence-electron chi connectivity index (χ4n) is 0.656. The summed E-state index contributed by atoms with van der Waals surface area (Å²) in [5, 5.41) is 0. The van der Waals surface area contributed by atoms with Crippen LogP contribution in [0.25, 0.3) is 0 Å². The van der Waals surface area contributed by atoms with Gasteiger partial charge in [0.2, 0.25) is 0 Å². The topological polar surface area (TPSA) is 52.6 Å². The van der Waals surface area contributed by atoms with Crippen LogP contribution in [0.1, 0.15) is 41.5 Å². The van der Waals surface area contributed by atoms with E-state index in [1.54, 1.807) is 41.5 Å². The Balaban J connectivity index is 3.60. The van der Waals surface area contributed by atoms with Crippen LogP contribution >= 0.6 is 21.6 Å². The summed E-state index contributed by atoms with van der Waals surface area (Å²) in [6, 6.07) is 0. The van der Waals surface area contributed by atoms with Crippen LogP contribution in [0.15, 0.2) is 0 Å². The van der Waals surface area contributed by atoms with E-state index in [1.165, 1.54) is 21.6 Å². The molecule has 0 N–H and O–H groups in total. The maximum absolute atomic E-state index is 11.4. The second-order valence-electron chi connectivity index (χ2n) is 5.83. The highest BCUT2D eigenvalue weighted by molar-refractivity contribution is 8.76. The number of rotatable bonds is 5. The number of esters is 2. The Labute approximate surface area is 117 Å². The zero-order chi connectivity index (χ0) is 14.4. The lowest BCUT2D eigenvalue weighted by Crippen LogP contribution is -2.23. The van der Waals surface area contributed by atoms with E-state index >= 15 is 0 Å². The first-order valence-electron chi connectivity index (χ1n) is 5.64. The molecule has 4 nitrogen and oxygen atoms in total. The van der Waals surface area contributed by atoms with Gasteiger partial charge in [-0.15, -0.1) is 0 Å². The molecule has 0 rings (SSSR count). The molecule has 0 aromatic carbocycles. The molecule has 0 aromatic heterocycles. The summed E-state index contributed by atoms with van der Waals surface area (Å²) in [5.74, 6) is 0.0476. The molecule has 0 saturated carbocycles. The third-order valence-corrected chi connectivity index (χ3v) is 3.46. The van der Waals surface area contributed by atoms with Crippen LogP contribution in [0.3, 0.4) is 0 Å². The highest BCUT2D eigenvalue weighted by atomic mass is 33.1. The zero-order valence-electron chi connectivity index (χ0n) is 11.9. The molecular formula is C12H22O4S2. The molecule has 0 aromatic rings. The lowest BCUT2D eigenvalue weighted by molar-refractivity contribution is -0.151. The second-order valence-corrected chi connectivity index (χ2v) is 8.19. The van der Waals surface area contributed by atoms with Gasteiger partial charge in [0.25, 0.3) is 0 Å². The van der Waals surface area contributed by atoms with Gasteiger partial charge in [-0.3, -0.25) is 9.59 Å². The summed E-state index contributed by atoms with van der Waals surface area (Å²) in [5.41, 5.74) is -0.964. The van der Waals surface area contributed by atoms with E-state index in [0.29, 0.717) is 0 Å². The Morgan fingerprint density at radius 2 is 1.06 bits per heavy atom. The molecule has 0 bridgehead atoms. The van der Waals surface area contributed by atoms with Crippen LogP contribution in [-0.4, -0.2) is 23.8 Å². The fraction of sp³-hybridized carbons (Fsp3) is 0.833. The van der Waals surface area contributed by atoms with Crippen LogP contribution in [0.5, 0.6) is 0 Å². The van der Waals surface area contributed by atoms with Crippen molar-refractivity contribution in [1.29, 1.82) is 0 Å². The van der Waals surface area contributed by atoms with Gasteiger partial charge in [-0.05, 0) is 63.1 Å². The van der Waals surface area contributed by atoms with Gasteiger partial charge in [0.15, 0.2) is 0 Å². The monoisotopic (exact) mass is 294 g/mol. The molecule has 0 aliphatic carbocycles. The van der Waals surface area contributed by atoms with Crippen LogP contribution in [0.4, 0.5) is 0 Å². The zero-order valence-corrected chi connectivity index (χ0v) is 13.5. The Kier molecular flexibility index (Phi) is 7.14. The standard InChI is InChI=1S/C12H22O4S2/c1-11(2,3)9(13)15-7-17-18-8-16-10(14)12(4,5)6/h7-8H2,1-6H3. The molecule has 0 heterocycles. The summed E-state index contributed by atoms with van der Waals surface area (Å²) in [4.78, 5) is 22.8. The summed E-state index contributed by atoms with van der Waals surface area (Å²) in [6.45, 7) is 10.8. The van der Waals surface area contributed by atoms with E-state index in [0.717, 1.165) is 0 Å². The number of carbonyl (C=O) groups is 2. The molecule has 0 fully saturated rings. The van der Waals surface area contributed by atoms with Gasteiger partial charge in [-0.25, -0.2) is 0 Å². The van der Waals surface area contributed by atoms with Crippen molar-refractivity contribution in [2.75, 3.05) is 11.9 Å². The predicted molar refractivity (Wildman–Crippen MR) is 76.0 cm³/mol. The van der Waals surface area contributed by atoms with Crippen molar-refractivity contribution < 1.29 is 19.1 Å². The van der Waals surface area contributed by atoms with Gasteiger partial charge in [0, 0.05) is 0 Å². The minimum atomic E-state index is -0.482. The van der Waals surface area contributed by atoms with Gasteiger partial charge in [-0.2, -0.15) is 0 Å². The molecule has 6 heteroatoms. The quantitative estimate of drug-likeness (QED) is 0.335. The highest BCUT2D eigenvalue weighted by Crippen LogP contribution is 2.25. The van der Waals surface area contributed by atoms with Gasteiger partial charge in [0.1, 0.15) is 11.9 Å². The normalized spacial score (nSPS) is 12.1. The summed E-state index contributed by atoms with van der Waals surface area (Å²) < 4.78 is 10.1. The third-order valence-electron chi connectivity index (χ3n) is 1.78. The average molecular weight is 294 g/mol. The molecule has 0 aliphatic heterocycles. The molecule has 0 aliphatic rings.